The van der Waals surface area contributed by atoms with Gasteiger partial charge in [-0.2, -0.15) is 0 Å². The van der Waals surface area contributed by atoms with Gasteiger partial charge in [-0.15, -0.1) is 11.3 Å². The van der Waals surface area contributed by atoms with Crippen molar-refractivity contribution in [2.24, 2.45) is 5.92 Å². The van der Waals surface area contributed by atoms with Gasteiger partial charge in [-0.25, -0.2) is 13.1 Å². The van der Waals surface area contributed by atoms with Crippen LogP contribution in [0.1, 0.15) is 18.2 Å². The summed E-state index contributed by atoms with van der Waals surface area (Å²) in [7, 11) is -3.43. The van der Waals surface area contributed by atoms with Gasteiger partial charge in [0.1, 0.15) is 0 Å². The minimum absolute atomic E-state index is 0.0400. The Morgan fingerprint density at radius 3 is 2.83 bits per heavy atom. The molecule has 1 aromatic rings. The van der Waals surface area contributed by atoms with Crippen molar-refractivity contribution < 1.29 is 13.2 Å². The summed E-state index contributed by atoms with van der Waals surface area (Å²) in [6, 6.07) is 1.62. The zero-order chi connectivity index (χ0) is 13.3. The molecule has 4 nitrogen and oxygen atoms in total. The van der Waals surface area contributed by atoms with Crippen molar-refractivity contribution in [2.75, 3.05) is 13.2 Å². The first kappa shape index (κ1) is 14.5. The highest BCUT2D eigenvalue weighted by molar-refractivity contribution is 9.11. The van der Waals surface area contributed by atoms with Crippen LogP contribution >= 0.6 is 27.3 Å². The number of aryl methyl sites for hydroxylation is 1. The van der Waals surface area contributed by atoms with E-state index in [1.807, 2.05) is 13.8 Å². The molecule has 18 heavy (non-hydrogen) atoms. The molecule has 0 aliphatic carbocycles. The highest BCUT2D eigenvalue weighted by atomic mass is 79.9. The molecule has 0 radical (unpaired) electrons. The Hall–Kier alpha value is 0.0500. The van der Waals surface area contributed by atoms with Crippen LogP contribution in [0.2, 0.25) is 0 Å². The number of sulfonamides is 1. The topological polar surface area (TPSA) is 55.4 Å². The monoisotopic (exact) mass is 353 g/mol. The van der Waals surface area contributed by atoms with Crippen molar-refractivity contribution >= 4 is 37.3 Å². The minimum atomic E-state index is -3.43. The third kappa shape index (κ3) is 3.14. The molecule has 1 N–H and O–H groups in total. The number of ether oxygens (including phenoxy) is 1. The number of thiophene rings is 1. The van der Waals surface area contributed by atoms with Crippen LogP contribution in [0, 0.1) is 12.8 Å². The second kappa shape index (κ2) is 5.58. The van der Waals surface area contributed by atoms with Gasteiger partial charge in [-0.05, 0) is 41.3 Å². The Balaban J connectivity index is 2.19. The standard InChI is InChI=1S/C11H16BrNO3S2/c1-7-6-16-4-3-9(7)13-18(14,15)10-5-11(12)17-8(10)2/h5,7,9,13H,3-4,6H2,1-2H3. The summed E-state index contributed by atoms with van der Waals surface area (Å²) in [6.45, 7) is 5.05. The fourth-order valence-corrected chi connectivity index (χ4v) is 5.81. The largest absolute Gasteiger partial charge is 0.381 e. The van der Waals surface area contributed by atoms with Gasteiger partial charge in [0.25, 0.3) is 0 Å². The average molecular weight is 354 g/mol. The van der Waals surface area contributed by atoms with E-state index in [1.165, 1.54) is 11.3 Å². The molecule has 0 amide bonds. The molecular weight excluding hydrogens is 338 g/mol. The Morgan fingerprint density at radius 2 is 2.28 bits per heavy atom. The van der Waals surface area contributed by atoms with Crippen LogP contribution < -0.4 is 4.72 Å². The van der Waals surface area contributed by atoms with Crippen molar-refractivity contribution in [3.63, 3.8) is 0 Å². The van der Waals surface area contributed by atoms with Gasteiger partial charge in [0.2, 0.25) is 10.0 Å². The number of halogens is 1. The lowest BCUT2D eigenvalue weighted by molar-refractivity contribution is 0.0450. The lowest BCUT2D eigenvalue weighted by atomic mass is 9.99. The van der Waals surface area contributed by atoms with Crippen LogP contribution in [0.5, 0.6) is 0 Å². The van der Waals surface area contributed by atoms with Crippen molar-refractivity contribution in [1.29, 1.82) is 0 Å². The third-order valence-corrected chi connectivity index (χ3v) is 6.38. The average Bonchev–Trinajstić information content (AvgIpc) is 2.62. The molecule has 7 heteroatoms. The predicted octanol–water partition coefficient (Wildman–Crippen LogP) is 2.52. The molecule has 0 aromatic carbocycles. The Bertz CT molecular complexity index is 526. The summed E-state index contributed by atoms with van der Waals surface area (Å²) < 4.78 is 33.6. The molecule has 102 valence electrons. The summed E-state index contributed by atoms with van der Waals surface area (Å²) in [5, 5.41) is 0. The molecule has 0 spiro atoms. The molecule has 2 rings (SSSR count). The second-order valence-electron chi connectivity index (χ2n) is 4.54. The summed E-state index contributed by atoms with van der Waals surface area (Å²) >= 11 is 4.75. The molecule has 2 atom stereocenters. The van der Waals surface area contributed by atoms with Gasteiger partial charge in [-0.3, -0.25) is 0 Å². The van der Waals surface area contributed by atoms with E-state index in [4.69, 9.17) is 4.74 Å². The van der Waals surface area contributed by atoms with Gasteiger partial charge in [0.15, 0.2) is 0 Å². The van der Waals surface area contributed by atoms with E-state index < -0.39 is 10.0 Å². The summed E-state index contributed by atoms with van der Waals surface area (Å²) in [6.07, 6.45) is 0.727. The second-order valence-corrected chi connectivity index (χ2v) is 8.86. The SMILES string of the molecule is Cc1sc(Br)cc1S(=O)(=O)NC1CCOCC1C. The van der Waals surface area contributed by atoms with Crippen molar-refractivity contribution in [1.82, 2.24) is 4.72 Å². The normalized spacial score (nSPS) is 25.3. The van der Waals surface area contributed by atoms with Crippen LogP contribution in [0.3, 0.4) is 0 Å². The Kier molecular flexibility index (Phi) is 4.48. The van der Waals surface area contributed by atoms with E-state index in [9.17, 15) is 8.42 Å². The fourth-order valence-electron chi connectivity index (χ4n) is 2.02. The number of nitrogens with one attached hydrogen (secondary N) is 1. The third-order valence-electron chi connectivity index (χ3n) is 3.08. The van der Waals surface area contributed by atoms with Gasteiger partial charge in [0, 0.05) is 17.5 Å². The summed E-state index contributed by atoms with van der Waals surface area (Å²) in [5.74, 6) is 0.205. The summed E-state index contributed by atoms with van der Waals surface area (Å²) in [4.78, 5) is 1.17. The van der Waals surface area contributed by atoms with Gasteiger partial charge < -0.3 is 4.74 Å². The first-order valence-electron chi connectivity index (χ1n) is 5.76. The lowest BCUT2D eigenvalue weighted by Crippen LogP contribution is -2.44. The maximum Gasteiger partial charge on any atom is 0.241 e. The lowest BCUT2D eigenvalue weighted by Gasteiger charge is -2.29. The van der Waals surface area contributed by atoms with Crippen molar-refractivity contribution in [3.05, 3.63) is 14.7 Å². The van der Waals surface area contributed by atoms with Crippen LogP contribution in [-0.4, -0.2) is 27.7 Å². The van der Waals surface area contributed by atoms with Crippen molar-refractivity contribution in [2.45, 2.75) is 31.2 Å². The molecule has 1 aliphatic heterocycles. The zero-order valence-corrected chi connectivity index (χ0v) is 13.5. The van der Waals surface area contributed by atoms with E-state index in [1.54, 1.807) is 6.07 Å². The van der Waals surface area contributed by atoms with E-state index in [0.717, 1.165) is 15.1 Å². The van der Waals surface area contributed by atoms with Crippen LogP contribution in [0.25, 0.3) is 0 Å². The molecule has 2 unspecified atom stereocenters. The molecule has 1 aromatic heterocycles. The Morgan fingerprint density at radius 1 is 1.56 bits per heavy atom. The minimum Gasteiger partial charge on any atom is -0.381 e. The first-order valence-corrected chi connectivity index (χ1v) is 8.85. The smallest absolute Gasteiger partial charge is 0.241 e. The fraction of sp³-hybridized carbons (Fsp3) is 0.636. The molecular formula is C11H16BrNO3S2. The maximum absolute atomic E-state index is 12.3. The maximum atomic E-state index is 12.3. The van der Waals surface area contributed by atoms with Gasteiger partial charge >= 0.3 is 0 Å². The van der Waals surface area contributed by atoms with Crippen LogP contribution in [0.15, 0.2) is 14.7 Å². The van der Waals surface area contributed by atoms with Crippen LogP contribution in [0.4, 0.5) is 0 Å². The molecule has 1 saturated heterocycles. The Labute approximate surface area is 120 Å². The molecule has 0 saturated carbocycles. The quantitative estimate of drug-likeness (QED) is 0.908. The number of hydrogen-bond acceptors (Lipinski definition) is 4. The highest BCUT2D eigenvalue weighted by Gasteiger charge is 2.28. The highest BCUT2D eigenvalue weighted by Crippen LogP contribution is 2.30. The molecule has 0 bridgehead atoms. The molecule has 2 heterocycles. The van der Waals surface area contributed by atoms with Gasteiger partial charge in [0.05, 0.1) is 15.3 Å². The number of hydrogen-bond donors (Lipinski definition) is 1. The zero-order valence-electron chi connectivity index (χ0n) is 10.3. The van der Waals surface area contributed by atoms with E-state index in [0.29, 0.717) is 18.1 Å². The molecule has 1 fully saturated rings. The first-order chi connectivity index (χ1) is 8.40. The number of rotatable bonds is 3. The summed E-state index contributed by atoms with van der Waals surface area (Å²) in [5.41, 5.74) is 0. The molecule has 1 aliphatic rings. The van der Waals surface area contributed by atoms with Crippen LogP contribution in [-0.2, 0) is 14.8 Å². The van der Waals surface area contributed by atoms with E-state index in [2.05, 4.69) is 20.7 Å². The van der Waals surface area contributed by atoms with E-state index >= 15 is 0 Å². The van der Waals surface area contributed by atoms with Gasteiger partial charge in [-0.1, -0.05) is 6.92 Å². The van der Waals surface area contributed by atoms with E-state index in [-0.39, 0.29) is 12.0 Å². The predicted molar refractivity (Wildman–Crippen MR) is 75.5 cm³/mol. The van der Waals surface area contributed by atoms with Crippen molar-refractivity contribution in [3.8, 4) is 0 Å².